The lowest BCUT2D eigenvalue weighted by atomic mass is 9.94. The predicted octanol–water partition coefficient (Wildman–Crippen LogP) is 0.851. The molecule has 0 aromatic heterocycles. The van der Waals surface area contributed by atoms with E-state index in [1.165, 1.54) is 0 Å². The first-order valence-electron chi connectivity index (χ1n) is 3.67. The summed E-state index contributed by atoms with van der Waals surface area (Å²) in [5, 5.41) is 0. The third kappa shape index (κ3) is 3.58. The zero-order chi connectivity index (χ0) is 7.40. The largest absolute Gasteiger partial charge is 0.465 e. The average molecular weight is 180 g/mol. The molecular weight excluding hydrogens is 166 g/mol. The lowest BCUT2D eigenvalue weighted by molar-refractivity contribution is -0.135. The first kappa shape index (κ1) is 10.7. The number of hydrogen-bond donors (Lipinski definition) is 1. The molecular formula is C7H14ClNO2. The molecule has 1 aliphatic carbocycles. The van der Waals surface area contributed by atoms with Crippen molar-refractivity contribution in [2.45, 2.75) is 37.8 Å². The SMILES string of the molecule is Cl.N[C@H]1CC[C@H](OC=O)CC1. The van der Waals surface area contributed by atoms with E-state index in [1.54, 1.807) is 0 Å². The summed E-state index contributed by atoms with van der Waals surface area (Å²) in [5.41, 5.74) is 5.65. The third-order valence-electron chi connectivity index (χ3n) is 1.97. The quantitative estimate of drug-likeness (QED) is 0.640. The summed E-state index contributed by atoms with van der Waals surface area (Å²) in [4.78, 5) is 9.90. The van der Waals surface area contributed by atoms with E-state index in [1.807, 2.05) is 0 Å². The standard InChI is InChI=1S/C7H13NO2.ClH/c8-6-1-3-7(4-2-6)10-5-9;/h5-7H,1-4,8H2;1H/t6-,7-;. The van der Waals surface area contributed by atoms with Crippen molar-refractivity contribution < 1.29 is 9.53 Å². The molecule has 0 bridgehead atoms. The summed E-state index contributed by atoms with van der Waals surface area (Å²) >= 11 is 0. The van der Waals surface area contributed by atoms with Crippen LogP contribution in [0.2, 0.25) is 0 Å². The molecule has 0 aliphatic heterocycles. The maximum Gasteiger partial charge on any atom is 0.293 e. The Labute approximate surface area is 72.7 Å². The maximum absolute atomic E-state index is 9.90. The summed E-state index contributed by atoms with van der Waals surface area (Å²) in [6.07, 6.45) is 3.97. The lowest BCUT2D eigenvalue weighted by Crippen LogP contribution is -2.29. The first-order valence-corrected chi connectivity index (χ1v) is 3.67. The van der Waals surface area contributed by atoms with E-state index in [0.717, 1.165) is 25.7 Å². The van der Waals surface area contributed by atoms with E-state index in [9.17, 15) is 4.79 Å². The lowest BCUT2D eigenvalue weighted by Gasteiger charge is -2.24. The molecule has 1 saturated carbocycles. The first-order chi connectivity index (χ1) is 4.83. The van der Waals surface area contributed by atoms with Crippen LogP contribution in [0.4, 0.5) is 0 Å². The number of ether oxygens (including phenoxy) is 1. The van der Waals surface area contributed by atoms with Gasteiger partial charge in [-0.25, -0.2) is 0 Å². The van der Waals surface area contributed by atoms with Gasteiger partial charge in [0.15, 0.2) is 0 Å². The van der Waals surface area contributed by atoms with Gasteiger partial charge in [0.25, 0.3) is 6.47 Å². The van der Waals surface area contributed by atoms with Crippen molar-refractivity contribution in [3.63, 3.8) is 0 Å². The highest BCUT2D eigenvalue weighted by molar-refractivity contribution is 5.85. The van der Waals surface area contributed by atoms with Gasteiger partial charge in [0.05, 0.1) is 0 Å². The van der Waals surface area contributed by atoms with Gasteiger partial charge in [-0.15, -0.1) is 12.4 Å². The van der Waals surface area contributed by atoms with E-state index < -0.39 is 0 Å². The summed E-state index contributed by atoms with van der Waals surface area (Å²) in [5.74, 6) is 0. The van der Waals surface area contributed by atoms with Crippen LogP contribution < -0.4 is 5.73 Å². The number of carbonyl (C=O) groups excluding carboxylic acids is 1. The summed E-state index contributed by atoms with van der Waals surface area (Å²) in [6.45, 7) is 0.529. The van der Waals surface area contributed by atoms with Gasteiger partial charge in [-0.05, 0) is 25.7 Å². The molecule has 0 atom stereocenters. The maximum atomic E-state index is 9.90. The van der Waals surface area contributed by atoms with Crippen LogP contribution in [0.5, 0.6) is 0 Å². The Bertz CT molecular complexity index is 113. The second-order valence-corrected chi connectivity index (χ2v) is 2.77. The molecule has 0 amide bonds. The van der Waals surface area contributed by atoms with Gasteiger partial charge in [-0.2, -0.15) is 0 Å². The summed E-state index contributed by atoms with van der Waals surface area (Å²) in [6, 6.07) is 0.325. The van der Waals surface area contributed by atoms with Crippen molar-refractivity contribution in [3.05, 3.63) is 0 Å². The average Bonchev–Trinajstić information content (AvgIpc) is 1.95. The molecule has 0 aromatic rings. The number of halogens is 1. The second-order valence-electron chi connectivity index (χ2n) is 2.77. The fourth-order valence-corrected chi connectivity index (χ4v) is 1.30. The van der Waals surface area contributed by atoms with Crippen LogP contribution in [0.1, 0.15) is 25.7 Å². The van der Waals surface area contributed by atoms with E-state index in [0.29, 0.717) is 12.5 Å². The van der Waals surface area contributed by atoms with Gasteiger partial charge < -0.3 is 10.5 Å². The normalized spacial score (nSPS) is 30.3. The smallest absolute Gasteiger partial charge is 0.293 e. The minimum atomic E-state index is 0. The molecule has 1 aliphatic rings. The summed E-state index contributed by atoms with van der Waals surface area (Å²) < 4.78 is 4.80. The Balaban J connectivity index is 0.000001000. The van der Waals surface area contributed by atoms with Crippen LogP contribution in [-0.2, 0) is 9.53 Å². The van der Waals surface area contributed by atoms with Gasteiger partial charge in [-0.3, -0.25) is 4.79 Å². The fraction of sp³-hybridized carbons (Fsp3) is 0.857. The predicted molar refractivity (Wildman–Crippen MR) is 44.6 cm³/mol. The molecule has 66 valence electrons. The molecule has 2 N–H and O–H groups in total. The number of carbonyl (C=O) groups is 1. The van der Waals surface area contributed by atoms with Crippen molar-refractivity contribution in [1.82, 2.24) is 0 Å². The van der Waals surface area contributed by atoms with Crippen LogP contribution in [0, 0.1) is 0 Å². The Hall–Kier alpha value is -0.280. The molecule has 1 rings (SSSR count). The molecule has 0 saturated heterocycles. The highest BCUT2D eigenvalue weighted by Crippen LogP contribution is 2.18. The molecule has 0 spiro atoms. The minimum Gasteiger partial charge on any atom is -0.465 e. The van der Waals surface area contributed by atoms with Crippen LogP contribution in [0.3, 0.4) is 0 Å². The van der Waals surface area contributed by atoms with Crippen LogP contribution in [0.25, 0.3) is 0 Å². The van der Waals surface area contributed by atoms with Crippen molar-refractivity contribution in [3.8, 4) is 0 Å². The van der Waals surface area contributed by atoms with Crippen LogP contribution in [-0.4, -0.2) is 18.6 Å². The molecule has 0 radical (unpaired) electrons. The van der Waals surface area contributed by atoms with Gasteiger partial charge in [0, 0.05) is 6.04 Å². The second kappa shape index (κ2) is 5.38. The number of rotatable bonds is 2. The third-order valence-corrected chi connectivity index (χ3v) is 1.97. The molecule has 3 nitrogen and oxygen atoms in total. The number of nitrogens with two attached hydrogens (primary N) is 1. The van der Waals surface area contributed by atoms with Crippen molar-refractivity contribution >= 4 is 18.9 Å². The zero-order valence-electron chi connectivity index (χ0n) is 6.36. The van der Waals surface area contributed by atoms with E-state index in [-0.39, 0.29) is 18.5 Å². The van der Waals surface area contributed by atoms with Gasteiger partial charge in [0.1, 0.15) is 6.10 Å². The highest BCUT2D eigenvalue weighted by Gasteiger charge is 2.18. The van der Waals surface area contributed by atoms with Crippen molar-refractivity contribution in [2.75, 3.05) is 0 Å². The van der Waals surface area contributed by atoms with Gasteiger partial charge >= 0.3 is 0 Å². The van der Waals surface area contributed by atoms with Gasteiger partial charge in [-0.1, -0.05) is 0 Å². The molecule has 11 heavy (non-hydrogen) atoms. The molecule has 1 fully saturated rings. The van der Waals surface area contributed by atoms with E-state index in [2.05, 4.69) is 0 Å². The Morgan fingerprint density at radius 2 is 1.82 bits per heavy atom. The molecule has 0 heterocycles. The topological polar surface area (TPSA) is 52.3 Å². The Kier molecular flexibility index (Phi) is 5.24. The Morgan fingerprint density at radius 3 is 2.27 bits per heavy atom. The zero-order valence-corrected chi connectivity index (χ0v) is 7.18. The van der Waals surface area contributed by atoms with Crippen LogP contribution >= 0.6 is 12.4 Å². The fourth-order valence-electron chi connectivity index (χ4n) is 1.30. The monoisotopic (exact) mass is 179 g/mol. The highest BCUT2D eigenvalue weighted by atomic mass is 35.5. The minimum absolute atomic E-state index is 0. The molecule has 0 unspecified atom stereocenters. The Morgan fingerprint density at radius 1 is 1.27 bits per heavy atom. The van der Waals surface area contributed by atoms with Crippen LogP contribution in [0.15, 0.2) is 0 Å². The van der Waals surface area contributed by atoms with Gasteiger partial charge in [0.2, 0.25) is 0 Å². The summed E-state index contributed by atoms with van der Waals surface area (Å²) in [7, 11) is 0. The van der Waals surface area contributed by atoms with E-state index >= 15 is 0 Å². The number of hydrogen-bond acceptors (Lipinski definition) is 3. The van der Waals surface area contributed by atoms with Crippen molar-refractivity contribution in [1.29, 1.82) is 0 Å². The van der Waals surface area contributed by atoms with Crippen molar-refractivity contribution in [2.24, 2.45) is 5.73 Å². The van der Waals surface area contributed by atoms with E-state index in [4.69, 9.17) is 10.5 Å². The molecule has 4 heteroatoms. The molecule has 0 aromatic carbocycles.